The monoisotopic (exact) mass is 382 g/mol. The van der Waals surface area contributed by atoms with Crippen molar-refractivity contribution in [2.24, 2.45) is 0 Å². The third kappa shape index (κ3) is 2.71. The Morgan fingerprint density at radius 1 is 0.679 bits per heavy atom. The summed E-state index contributed by atoms with van der Waals surface area (Å²) in [4.78, 5) is 24.5. The van der Waals surface area contributed by atoms with E-state index < -0.39 is 11.2 Å². The molecule has 0 amide bonds. The molecule has 2 aromatic rings. The van der Waals surface area contributed by atoms with Crippen molar-refractivity contribution in [1.29, 1.82) is 0 Å². The zero-order valence-electron chi connectivity index (χ0n) is 15.9. The van der Waals surface area contributed by atoms with Crippen molar-refractivity contribution in [3.63, 3.8) is 0 Å². The first kappa shape index (κ1) is 18.3. The second-order valence-corrected chi connectivity index (χ2v) is 7.06. The molecule has 6 heteroatoms. The minimum atomic E-state index is -1.09. The molecule has 28 heavy (non-hydrogen) atoms. The maximum Gasteiger partial charge on any atom is 0.307 e. The van der Waals surface area contributed by atoms with Gasteiger partial charge < -0.3 is 18.9 Å². The second-order valence-electron chi connectivity index (χ2n) is 7.06. The van der Waals surface area contributed by atoms with E-state index in [1.54, 1.807) is 14.2 Å². The zero-order valence-corrected chi connectivity index (χ0v) is 15.9. The van der Waals surface area contributed by atoms with Gasteiger partial charge in [0.05, 0.1) is 14.2 Å². The van der Waals surface area contributed by atoms with Crippen LogP contribution in [0.25, 0.3) is 0 Å². The minimum Gasteiger partial charge on any atom is -0.497 e. The predicted octanol–water partition coefficient (Wildman–Crippen LogP) is 3.47. The van der Waals surface area contributed by atoms with Gasteiger partial charge in [0.25, 0.3) is 0 Å². The summed E-state index contributed by atoms with van der Waals surface area (Å²) < 4.78 is 22.4. The zero-order chi connectivity index (χ0) is 19.8. The van der Waals surface area contributed by atoms with Gasteiger partial charge in [0.2, 0.25) is 0 Å². The molecular weight excluding hydrogens is 360 g/mol. The number of hydrogen-bond acceptors (Lipinski definition) is 6. The molecule has 0 aliphatic carbocycles. The summed E-state index contributed by atoms with van der Waals surface area (Å²) >= 11 is 0. The standard InChI is InChI=1S/C22H22O6/c1-25-17-7-3-15(4-8-17)21(13-11-19(23)27-21)22(14-12-20(24)28-22)16-5-9-18(26-2)10-6-16/h3-10H,11-14H2,1-2H3. The Bertz CT molecular complexity index is 813. The van der Waals surface area contributed by atoms with Crippen molar-refractivity contribution in [1.82, 2.24) is 0 Å². The van der Waals surface area contributed by atoms with Crippen molar-refractivity contribution in [2.75, 3.05) is 14.2 Å². The minimum absolute atomic E-state index is 0.265. The fourth-order valence-electron chi connectivity index (χ4n) is 4.31. The van der Waals surface area contributed by atoms with E-state index >= 15 is 0 Å². The average Bonchev–Trinajstić information content (AvgIpc) is 3.33. The number of methoxy groups -OCH3 is 2. The Morgan fingerprint density at radius 3 is 1.29 bits per heavy atom. The lowest BCUT2D eigenvalue weighted by Crippen LogP contribution is -2.49. The van der Waals surface area contributed by atoms with Gasteiger partial charge in [0.15, 0.2) is 11.2 Å². The number of esters is 2. The number of carbonyl (C=O) groups is 2. The fraction of sp³-hybridized carbons (Fsp3) is 0.364. The maximum absolute atomic E-state index is 12.3. The Balaban J connectivity index is 1.89. The van der Waals surface area contributed by atoms with Crippen molar-refractivity contribution in [3.8, 4) is 11.5 Å². The van der Waals surface area contributed by atoms with Crippen LogP contribution in [0.1, 0.15) is 36.8 Å². The van der Waals surface area contributed by atoms with Gasteiger partial charge in [-0.05, 0) is 24.3 Å². The Labute approximate surface area is 163 Å². The van der Waals surface area contributed by atoms with Crippen LogP contribution in [-0.2, 0) is 30.3 Å². The molecule has 0 aromatic heterocycles. The quantitative estimate of drug-likeness (QED) is 0.738. The molecule has 0 saturated carbocycles. The summed E-state index contributed by atoms with van der Waals surface area (Å²) in [5.74, 6) is 0.800. The van der Waals surface area contributed by atoms with Crippen LogP contribution in [0.5, 0.6) is 11.5 Å². The van der Waals surface area contributed by atoms with Crippen molar-refractivity contribution in [3.05, 3.63) is 59.7 Å². The fourth-order valence-corrected chi connectivity index (χ4v) is 4.31. The van der Waals surface area contributed by atoms with Crippen LogP contribution in [0.15, 0.2) is 48.5 Å². The van der Waals surface area contributed by atoms with Gasteiger partial charge in [-0.1, -0.05) is 24.3 Å². The van der Waals surface area contributed by atoms with E-state index in [1.807, 2.05) is 48.5 Å². The lowest BCUT2D eigenvalue weighted by molar-refractivity contribution is -0.197. The molecule has 2 saturated heterocycles. The third-order valence-corrected chi connectivity index (χ3v) is 5.70. The van der Waals surface area contributed by atoms with Crippen LogP contribution < -0.4 is 9.47 Å². The highest BCUT2D eigenvalue weighted by molar-refractivity contribution is 5.76. The van der Waals surface area contributed by atoms with Crippen molar-refractivity contribution < 1.29 is 28.5 Å². The molecule has 2 aliphatic heterocycles. The van der Waals surface area contributed by atoms with Crippen LogP contribution >= 0.6 is 0 Å². The molecule has 0 bridgehead atoms. The highest BCUT2D eigenvalue weighted by Gasteiger charge is 2.64. The van der Waals surface area contributed by atoms with E-state index in [0.717, 1.165) is 11.1 Å². The molecule has 4 rings (SSSR count). The average molecular weight is 382 g/mol. The van der Waals surface area contributed by atoms with Gasteiger partial charge in [-0.15, -0.1) is 0 Å². The topological polar surface area (TPSA) is 71.1 Å². The first-order valence-electron chi connectivity index (χ1n) is 9.26. The molecular formula is C22H22O6. The van der Waals surface area contributed by atoms with Gasteiger partial charge in [0.1, 0.15) is 11.5 Å². The predicted molar refractivity (Wildman–Crippen MR) is 100.0 cm³/mol. The molecule has 0 N–H and O–H groups in total. The van der Waals surface area contributed by atoms with E-state index in [1.165, 1.54) is 0 Å². The second kappa shape index (κ2) is 6.86. The van der Waals surface area contributed by atoms with Crippen LogP contribution in [-0.4, -0.2) is 26.2 Å². The van der Waals surface area contributed by atoms with Gasteiger partial charge >= 0.3 is 11.9 Å². The summed E-state index contributed by atoms with van der Waals surface area (Å²) in [7, 11) is 3.19. The molecule has 2 aliphatic rings. The van der Waals surface area contributed by atoms with Crippen LogP contribution in [0, 0.1) is 0 Å². The molecule has 6 nitrogen and oxygen atoms in total. The molecule has 2 fully saturated rings. The first-order valence-corrected chi connectivity index (χ1v) is 9.26. The van der Waals surface area contributed by atoms with Gasteiger partial charge in [0, 0.05) is 36.8 Å². The largest absolute Gasteiger partial charge is 0.497 e. The van der Waals surface area contributed by atoms with Gasteiger partial charge in [-0.25, -0.2) is 0 Å². The number of ether oxygens (including phenoxy) is 4. The summed E-state index contributed by atoms with van der Waals surface area (Å²) in [5, 5.41) is 0. The van der Waals surface area contributed by atoms with E-state index in [-0.39, 0.29) is 24.8 Å². The molecule has 2 heterocycles. The highest BCUT2D eigenvalue weighted by atomic mass is 16.6. The number of hydrogen-bond donors (Lipinski definition) is 0. The Morgan fingerprint density at radius 2 is 1.04 bits per heavy atom. The lowest BCUT2D eigenvalue weighted by Gasteiger charge is -2.44. The Hall–Kier alpha value is -3.02. The molecule has 146 valence electrons. The molecule has 0 radical (unpaired) electrons. The lowest BCUT2D eigenvalue weighted by atomic mass is 9.70. The van der Waals surface area contributed by atoms with Gasteiger partial charge in [-0.2, -0.15) is 0 Å². The number of benzene rings is 2. The highest BCUT2D eigenvalue weighted by Crippen LogP contribution is 2.57. The number of cyclic esters (lactones) is 2. The normalized spacial score (nSPS) is 26.6. The Kier molecular flexibility index (Phi) is 4.49. The van der Waals surface area contributed by atoms with Crippen LogP contribution in [0.2, 0.25) is 0 Å². The number of carbonyl (C=O) groups excluding carboxylic acids is 2. The molecule has 2 aromatic carbocycles. The molecule has 2 atom stereocenters. The summed E-state index contributed by atoms with van der Waals surface area (Å²) in [6.45, 7) is 0. The summed E-state index contributed by atoms with van der Waals surface area (Å²) in [5.41, 5.74) is -0.608. The number of rotatable bonds is 5. The van der Waals surface area contributed by atoms with E-state index in [0.29, 0.717) is 24.3 Å². The SMILES string of the molecule is COc1ccc(C2(C3(c4ccc(OC)cc4)CCC(=O)O3)CCC(=O)O2)cc1. The smallest absolute Gasteiger partial charge is 0.307 e. The van der Waals surface area contributed by atoms with Crippen LogP contribution in [0.4, 0.5) is 0 Å². The van der Waals surface area contributed by atoms with Crippen molar-refractivity contribution >= 4 is 11.9 Å². The maximum atomic E-state index is 12.3. The molecule has 2 unspecified atom stereocenters. The van der Waals surface area contributed by atoms with E-state index in [2.05, 4.69) is 0 Å². The van der Waals surface area contributed by atoms with Gasteiger partial charge in [-0.3, -0.25) is 9.59 Å². The summed E-state index contributed by atoms with van der Waals surface area (Å²) in [6.07, 6.45) is 1.39. The van der Waals surface area contributed by atoms with Crippen molar-refractivity contribution in [2.45, 2.75) is 36.9 Å². The first-order chi connectivity index (χ1) is 13.5. The third-order valence-electron chi connectivity index (χ3n) is 5.70. The van der Waals surface area contributed by atoms with Crippen LogP contribution in [0.3, 0.4) is 0 Å². The van der Waals surface area contributed by atoms with E-state index in [4.69, 9.17) is 18.9 Å². The van der Waals surface area contributed by atoms with E-state index in [9.17, 15) is 9.59 Å². The summed E-state index contributed by atoms with van der Waals surface area (Å²) in [6, 6.07) is 14.8. The molecule has 0 spiro atoms.